The molecule has 2 rings (SSSR count). The van der Waals surface area contributed by atoms with Gasteiger partial charge in [-0.2, -0.15) is 4.98 Å². The highest BCUT2D eigenvalue weighted by molar-refractivity contribution is 5.17. The summed E-state index contributed by atoms with van der Waals surface area (Å²) >= 11 is 0. The van der Waals surface area contributed by atoms with Gasteiger partial charge in [-0.15, -0.1) is 0 Å². The van der Waals surface area contributed by atoms with Gasteiger partial charge in [0.05, 0.1) is 0 Å². The average molecular weight is 196 g/mol. The molecule has 1 aliphatic heterocycles. The third kappa shape index (κ3) is 2.45. The first kappa shape index (κ1) is 9.45. The van der Waals surface area contributed by atoms with Crippen molar-refractivity contribution in [3.8, 4) is 0 Å². The molecule has 14 heavy (non-hydrogen) atoms. The number of hydrogen-bond acceptors (Lipinski definition) is 5. The van der Waals surface area contributed by atoms with Crippen molar-refractivity contribution >= 4 is 6.01 Å². The van der Waals surface area contributed by atoms with Gasteiger partial charge >= 0.3 is 6.01 Å². The van der Waals surface area contributed by atoms with Crippen LogP contribution in [-0.4, -0.2) is 29.3 Å². The van der Waals surface area contributed by atoms with Crippen LogP contribution in [0.15, 0.2) is 4.52 Å². The number of hydrogen-bond donors (Lipinski definition) is 2. The van der Waals surface area contributed by atoms with Crippen molar-refractivity contribution < 1.29 is 4.52 Å². The molecule has 1 atom stereocenters. The number of aromatic nitrogens is 2. The van der Waals surface area contributed by atoms with Crippen molar-refractivity contribution in [1.29, 1.82) is 0 Å². The SMILES string of the molecule is Cc1noc(NCCC2CCCN2)n1. The smallest absolute Gasteiger partial charge is 0.321 e. The molecule has 5 heteroatoms. The maximum atomic E-state index is 4.94. The van der Waals surface area contributed by atoms with E-state index >= 15 is 0 Å². The van der Waals surface area contributed by atoms with Gasteiger partial charge in [0.1, 0.15) is 0 Å². The van der Waals surface area contributed by atoms with E-state index in [0.717, 1.165) is 19.5 Å². The maximum Gasteiger partial charge on any atom is 0.321 e. The zero-order valence-electron chi connectivity index (χ0n) is 8.42. The maximum absolute atomic E-state index is 4.94. The zero-order chi connectivity index (χ0) is 9.80. The predicted octanol–water partition coefficient (Wildman–Crippen LogP) is 0.932. The molecule has 1 fully saturated rings. The van der Waals surface area contributed by atoms with Crippen LogP contribution in [0.25, 0.3) is 0 Å². The average Bonchev–Trinajstić information content (AvgIpc) is 2.77. The first-order chi connectivity index (χ1) is 6.84. The first-order valence-electron chi connectivity index (χ1n) is 5.12. The molecular formula is C9H16N4O. The summed E-state index contributed by atoms with van der Waals surface area (Å²) < 4.78 is 4.94. The normalized spacial score (nSPS) is 21.4. The van der Waals surface area contributed by atoms with E-state index in [1.807, 2.05) is 6.92 Å². The Morgan fingerprint density at radius 1 is 1.64 bits per heavy atom. The first-order valence-corrected chi connectivity index (χ1v) is 5.12. The van der Waals surface area contributed by atoms with Crippen LogP contribution in [0.4, 0.5) is 6.01 Å². The second kappa shape index (κ2) is 4.41. The third-order valence-electron chi connectivity index (χ3n) is 2.46. The molecule has 0 aromatic carbocycles. The molecule has 2 heterocycles. The van der Waals surface area contributed by atoms with Crippen molar-refractivity contribution in [3.63, 3.8) is 0 Å². The van der Waals surface area contributed by atoms with Gasteiger partial charge in [-0.25, -0.2) is 0 Å². The topological polar surface area (TPSA) is 63.0 Å². The molecule has 0 saturated carbocycles. The fourth-order valence-corrected chi connectivity index (χ4v) is 1.73. The molecule has 0 bridgehead atoms. The van der Waals surface area contributed by atoms with E-state index in [1.54, 1.807) is 0 Å². The Morgan fingerprint density at radius 2 is 2.57 bits per heavy atom. The molecule has 1 aromatic rings. The summed E-state index contributed by atoms with van der Waals surface area (Å²) in [5.41, 5.74) is 0. The lowest BCUT2D eigenvalue weighted by molar-refractivity contribution is 0.424. The monoisotopic (exact) mass is 196 g/mol. The van der Waals surface area contributed by atoms with Crippen molar-refractivity contribution in [1.82, 2.24) is 15.5 Å². The molecular weight excluding hydrogens is 180 g/mol. The van der Waals surface area contributed by atoms with Crippen LogP contribution in [0, 0.1) is 6.92 Å². The molecule has 1 aromatic heterocycles. The number of nitrogens with one attached hydrogen (secondary N) is 2. The lowest BCUT2D eigenvalue weighted by Gasteiger charge is -2.08. The Kier molecular flexibility index (Phi) is 2.98. The number of aryl methyl sites for hydroxylation is 1. The molecule has 0 amide bonds. The molecule has 0 radical (unpaired) electrons. The van der Waals surface area contributed by atoms with Gasteiger partial charge in [0, 0.05) is 12.6 Å². The van der Waals surface area contributed by atoms with Crippen LogP contribution in [0.5, 0.6) is 0 Å². The van der Waals surface area contributed by atoms with Gasteiger partial charge in [-0.1, -0.05) is 5.16 Å². The van der Waals surface area contributed by atoms with Crippen LogP contribution in [0.3, 0.4) is 0 Å². The predicted molar refractivity (Wildman–Crippen MR) is 53.2 cm³/mol. The Balaban J connectivity index is 1.67. The standard InChI is InChI=1S/C9H16N4O/c1-7-12-9(14-13-7)11-6-4-8-3-2-5-10-8/h8,10H,2-6H2,1H3,(H,11,12,13). The van der Waals surface area contributed by atoms with Gasteiger partial charge in [0.2, 0.25) is 0 Å². The molecule has 1 saturated heterocycles. The van der Waals surface area contributed by atoms with Gasteiger partial charge in [0.15, 0.2) is 5.82 Å². The van der Waals surface area contributed by atoms with Crippen molar-refractivity contribution in [2.24, 2.45) is 0 Å². The largest absolute Gasteiger partial charge is 0.338 e. The highest BCUT2D eigenvalue weighted by Crippen LogP contribution is 2.09. The Labute approximate surface area is 83.3 Å². The summed E-state index contributed by atoms with van der Waals surface area (Å²) in [4.78, 5) is 4.07. The van der Waals surface area contributed by atoms with Crippen LogP contribution in [0.2, 0.25) is 0 Å². The summed E-state index contributed by atoms with van der Waals surface area (Å²) in [5.74, 6) is 0.673. The quantitative estimate of drug-likeness (QED) is 0.750. The molecule has 5 nitrogen and oxygen atoms in total. The minimum atomic E-state index is 0.528. The van der Waals surface area contributed by atoms with Crippen molar-refractivity contribution in [2.75, 3.05) is 18.4 Å². The molecule has 0 spiro atoms. The van der Waals surface area contributed by atoms with E-state index in [1.165, 1.54) is 12.8 Å². The second-order valence-electron chi connectivity index (χ2n) is 3.66. The Morgan fingerprint density at radius 3 is 3.21 bits per heavy atom. The van der Waals surface area contributed by atoms with E-state index in [-0.39, 0.29) is 0 Å². The van der Waals surface area contributed by atoms with Gasteiger partial charge in [-0.3, -0.25) is 0 Å². The van der Waals surface area contributed by atoms with Crippen LogP contribution >= 0.6 is 0 Å². The lowest BCUT2D eigenvalue weighted by Crippen LogP contribution is -2.24. The van der Waals surface area contributed by atoms with Gasteiger partial charge in [0.25, 0.3) is 0 Å². The van der Waals surface area contributed by atoms with E-state index in [0.29, 0.717) is 17.9 Å². The van der Waals surface area contributed by atoms with Crippen LogP contribution in [0.1, 0.15) is 25.1 Å². The van der Waals surface area contributed by atoms with Crippen molar-refractivity contribution in [2.45, 2.75) is 32.2 Å². The molecule has 1 aliphatic rings. The van der Waals surface area contributed by atoms with Crippen LogP contribution in [-0.2, 0) is 0 Å². The molecule has 2 N–H and O–H groups in total. The highest BCUT2D eigenvalue weighted by atomic mass is 16.5. The minimum absolute atomic E-state index is 0.528. The molecule has 1 unspecified atom stereocenters. The minimum Gasteiger partial charge on any atom is -0.338 e. The summed E-state index contributed by atoms with van der Waals surface area (Å²) in [7, 11) is 0. The van der Waals surface area contributed by atoms with Gasteiger partial charge < -0.3 is 15.2 Å². The molecule has 0 aliphatic carbocycles. The summed E-state index contributed by atoms with van der Waals surface area (Å²) in [6.07, 6.45) is 3.69. The second-order valence-corrected chi connectivity index (χ2v) is 3.66. The van der Waals surface area contributed by atoms with E-state index in [9.17, 15) is 0 Å². The third-order valence-corrected chi connectivity index (χ3v) is 2.46. The zero-order valence-corrected chi connectivity index (χ0v) is 8.42. The highest BCUT2D eigenvalue weighted by Gasteiger charge is 2.13. The van der Waals surface area contributed by atoms with Gasteiger partial charge in [-0.05, 0) is 32.7 Å². The van der Waals surface area contributed by atoms with Crippen LogP contribution < -0.4 is 10.6 Å². The summed E-state index contributed by atoms with van der Waals surface area (Å²) in [6.45, 7) is 3.86. The fourth-order valence-electron chi connectivity index (χ4n) is 1.73. The summed E-state index contributed by atoms with van der Waals surface area (Å²) in [5, 5.41) is 10.3. The number of rotatable bonds is 4. The summed E-state index contributed by atoms with van der Waals surface area (Å²) in [6, 6.07) is 1.19. The number of anilines is 1. The Bertz CT molecular complexity index is 280. The molecule has 78 valence electrons. The number of nitrogens with zero attached hydrogens (tertiary/aromatic N) is 2. The Hall–Kier alpha value is -1.10. The van der Waals surface area contributed by atoms with E-state index in [2.05, 4.69) is 20.8 Å². The fraction of sp³-hybridized carbons (Fsp3) is 0.778. The van der Waals surface area contributed by atoms with Crippen molar-refractivity contribution in [3.05, 3.63) is 5.82 Å². The van der Waals surface area contributed by atoms with E-state index in [4.69, 9.17) is 4.52 Å². The van der Waals surface area contributed by atoms with E-state index < -0.39 is 0 Å². The lowest BCUT2D eigenvalue weighted by atomic mass is 10.2.